The smallest absolute Gasteiger partial charge is 0.261 e. The van der Waals surface area contributed by atoms with Crippen LogP contribution >= 0.6 is 11.6 Å². The molecule has 4 nitrogen and oxygen atoms in total. The van der Waals surface area contributed by atoms with Crippen molar-refractivity contribution in [1.82, 2.24) is 4.90 Å². The minimum Gasteiger partial charge on any atom is -0.472 e. The molecule has 1 amide bonds. The molecule has 0 bridgehead atoms. The van der Waals surface area contributed by atoms with Crippen LogP contribution < -0.4 is 4.74 Å². The predicted molar refractivity (Wildman–Crippen MR) is 55.1 cm³/mol. The summed E-state index contributed by atoms with van der Waals surface area (Å²) in [5.74, 6) is 0.303. The van der Waals surface area contributed by atoms with Gasteiger partial charge in [-0.15, -0.1) is 0 Å². The van der Waals surface area contributed by atoms with Gasteiger partial charge in [-0.3, -0.25) is 4.79 Å². The molecule has 0 saturated heterocycles. The fourth-order valence-electron chi connectivity index (χ4n) is 1.48. The molecule has 1 aromatic carbocycles. The molecular formula is C10H10ClNO3. The molecule has 1 aliphatic rings. The molecule has 1 heterocycles. The van der Waals surface area contributed by atoms with Gasteiger partial charge < -0.3 is 14.7 Å². The Morgan fingerprint density at radius 2 is 2.33 bits per heavy atom. The Hall–Kier alpha value is -1.26. The van der Waals surface area contributed by atoms with Gasteiger partial charge in [0.1, 0.15) is 11.3 Å². The van der Waals surface area contributed by atoms with Crippen LogP contribution in [0.4, 0.5) is 0 Å². The summed E-state index contributed by atoms with van der Waals surface area (Å²) in [5.41, 5.74) is 0.374. The summed E-state index contributed by atoms with van der Waals surface area (Å²) in [7, 11) is 0. The normalized spacial score (nSPS) is 14.8. The topological polar surface area (TPSA) is 49.8 Å². The number of rotatable bonds is 2. The lowest BCUT2D eigenvalue weighted by atomic mass is 10.1. The van der Waals surface area contributed by atoms with E-state index in [1.807, 2.05) is 0 Å². The zero-order chi connectivity index (χ0) is 10.8. The van der Waals surface area contributed by atoms with Crippen LogP contribution in [-0.4, -0.2) is 35.8 Å². The van der Waals surface area contributed by atoms with Gasteiger partial charge >= 0.3 is 0 Å². The van der Waals surface area contributed by atoms with Crippen LogP contribution in [0.5, 0.6) is 5.75 Å². The number of carbonyl (C=O) groups excluding carboxylic acids is 1. The number of aliphatic hydroxyl groups is 1. The number of hydrogen-bond donors (Lipinski definition) is 1. The summed E-state index contributed by atoms with van der Waals surface area (Å²) in [6, 6.07) is 5.08. The average molecular weight is 228 g/mol. The second-order valence-electron chi connectivity index (χ2n) is 3.18. The predicted octanol–water partition coefficient (Wildman–Crippen LogP) is 1.12. The fourth-order valence-corrected chi connectivity index (χ4v) is 1.73. The molecule has 0 saturated carbocycles. The third-order valence-electron chi connectivity index (χ3n) is 2.22. The number of amides is 1. The molecule has 0 unspecified atom stereocenters. The molecule has 2 rings (SSSR count). The van der Waals surface area contributed by atoms with E-state index in [2.05, 4.69) is 0 Å². The molecule has 0 radical (unpaired) electrons. The SMILES string of the molecule is O=C1c2c(Cl)cccc2OCN1CCO. The van der Waals surface area contributed by atoms with E-state index in [1.165, 1.54) is 4.90 Å². The van der Waals surface area contributed by atoms with Gasteiger partial charge in [-0.05, 0) is 12.1 Å². The van der Waals surface area contributed by atoms with Crippen molar-refractivity contribution in [2.24, 2.45) is 0 Å². The maximum Gasteiger partial charge on any atom is 0.261 e. The lowest BCUT2D eigenvalue weighted by Crippen LogP contribution is -2.40. The van der Waals surface area contributed by atoms with Crippen LogP contribution in [-0.2, 0) is 0 Å². The zero-order valence-electron chi connectivity index (χ0n) is 7.94. The Bertz CT molecular complexity index is 394. The van der Waals surface area contributed by atoms with E-state index in [9.17, 15) is 4.79 Å². The standard InChI is InChI=1S/C10H10ClNO3/c11-7-2-1-3-8-9(7)10(14)12(4-5-13)6-15-8/h1-3,13H,4-6H2. The van der Waals surface area contributed by atoms with Crippen molar-refractivity contribution in [3.63, 3.8) is 0 Å². The first-order valence-corrected chi connectivity index (χ1v) is 4.93. The zero-order valence-corrected chi connectivity index (χ0v) is 8.70. The molecule has 1 aromatic rings. The van der Waals surface area contributed by atoms with Crippen molar-refractivity contribution >= 4 is 17.5 Å². The van der Waals surface area contributed by atoms with Crippen LogP contribution in [0, 0.1) is 0 Å². The quantitative estimate of drug-likeness (QED) is 0.824. The molecule has 0 fully saturated rings. The monoisotopic (exact) mass is 227 g/mol. The van der Waals surface area contributed by atoms with E-state index in [4.69, 9.17) is 21.4 Å². The third-order valence-corrected chi connectivity index (χ3v) is 2.54. The van der Waals surface area contributed by atoms with Gasteiger partial charge in [0.05, 0.1) is 11.6 Å². The first-order valence-electron chi connectivity index (χ1n) is 4.55. The second-order valence-corrected chi connectivity index (χ2v) is 3.59. The second kappa shape index (κ2) is 4.08. The molecule has 0 aliphatic carbocycles. The van der Waals surface area contributed by atoms with Gasteiger partial charge in [-0.2, -0.15) is 0 Å². The number of benzene rings is 1. The Balaban J connectivity index is 2.36. The molecule has 1 aliphatic heterocycles. The van der Waals surface area contributed by atoms with E-state index in [1.54, 1.807) is 18.2 Å². The lowest BCUT2D eigenvalue weighted by Gasteiger charge is -2.28. The van der Waals surface area contributed by atoms with Crippen molar-refractivity contribution in [2.45, 2.75) is 0 Å². The van der Waals surface area contributed by atoms with Gasteiger partial charge in [-0.1, -0.05) is 17.7 Å². The van der Waals surface area contributed by atoms with Crippen molar-refractivity contribution in [1.29, 1.82) is 0 Å². The Morgan fingerprint density at radius 3 is 3.07 bits per heavy atom. The molecule has 15 heavy (non-hydrogen) atoms. The summed E-state index contributed by atoms with van der Waals surface area (Å²) in [4.78, 5) is 13.3. The number of hydrogen-bond acceptors (Lipinski definition) is 3. The van der Waals surface area contributed by atoms with E-state index >= 15 is 0 Å². The summed E-state index contributed by atoms with van der Waals surface area (Å²) >= 11 is 5.91. The van der Waals surface area contributed by atoms with Crippen molar-refractivity contribution in [3.8, 4) is 5.75 Å². The van der Waals surface area contributed by atoms with Crippen LogP contribution in [0.2, 0.25) is 5.02 Å². The third kappa shape index (κ3) is 1.78. The average Bonchev–Trinajstić information content (AvgIpc) is 2.22. The largest absolute Gasteiger partial charge is 0.472 e. The number of fused-ring (bicyclic) bond motifs is 1. The maximum atomic E-state index is 11.9. The molecule has 0 atom stereocenters. The summed E-state index contributed by atoms with van der Waals surface area (Å²) in [6.07, 6.45) is 0. The first kappa shape index (κ1) is 10.3. The highest BCUT2D eigenvalue weighted by Gasteiger charge is 2.27. The number of nitrogens with zero attached hydrogens (tertiary/aromatic N) is 1. The van der Waals surface area contributed by atoms with Crippen LogP contribution in [0.1, 0.15) is 10.4 Å². The van der Waals surface area contributed by atoms with Crippen LogP contribution in [0.3, 0.4) is 0 Å². The van der Waals surface area contributed by atoms with Gasteiger partial charge in [0.15, 0.2) is 6.73 Å². The van der Waals surface area contributed by atoms with Crippen molar-refractivity contribution in [3.05, 3.63) is 28.8 Å². The molecule has 1 N–H and O–H groups in total. The summed E-state index contributed by atoms with van der Waals surface area (Å²) < 4.78 is 5.35. The summed E-state index contributed by atoms with van der Waals surface area (Å²) in [5, 5.41) is 9.15. The number of carbonyl (C=O) groups is 1. The summed E-state index contributed by atoms with van der Waals surface area (Å²) in [6.45, 7) is 0.325. The van der Waals surface area contributed by atoms with Crippen molar-refractivity contribution in [2.75, 3.05) is 19.9 Å². The fraction of sp³-hybridized carbons (Fsp3) is 0.300. The van der Waals surface area contributed by atoms with E-state index in [-0.39, 0.29) is 25.8 Å². The Kier molecular flexibility index (Phi) is 2.79. The molecule has 0 spiro atoms. The highest BCUT2D eigenvalue weighted by Crippen LogP contribution is 2.30. The van der Waals surface area contributed by atoms with Gasteiger partial charge in [0, 0.05) is 6.54 Å². The van der Waals surface area contributed by atoms with Crippen LogP contribution in [0.15, 0.2) is 18.2 Å². The van der Waals surface area contributed by atoms with E-state index in [0.717, 1.165) is 0 Å². The lowest BCUT2D eigenvalue weighted by molar-refractivity contribution is 0.0470. The van der Waals surface area contributed by atoms with Gasteiger partial charge in [0.25, 0.3) is 5.91 Å². The molecule has 5 heteroatoms. The van der Waals surface area contributed by atoms with Gasteiger partial charge in [0.2, 0.25) is 0 Å². The number of aliphatic hydroxyl groups excluding tert-OH is 1. The van der Waals surface area contributed by atoms with E-state index in [0.29, 0.717) is 16.3 Å². The Labute approximate surface area is 92.0 Å². The maximum absolute atomic E-state index is 11.9. The highest BCUT2D eigenvalue weighted by molar-refractivity contribution is 6.34. The van der Waals surface area contributed by atoms with Crippen molar-refractivity contribution < 1.29 is 14.6 Å². The highest BCUT2D eigenvalue weighted by atomic mass is 35.5. The van der Waals surface area contributed by atoms with E-state index < -0.39 is 0 Å². The molecular weight excluding hydrogens is 218 g/mol. The number of halogens is 1. The molecule has 0 aromatic heterocycles. The Morgan fingerprint density at radius 1 is 1.53 bits per heavy atom. The van der Waals surface area contributed by atoms with Crippen LogP contribution in [0.25, 0.3) is 0 Å². The number of β-amino-alcohol motifs (C(OH)–C–C–N with tert-alkyl or cyclic N) is 1. The number of ether oxygens (including phenoxy) is 1. The minimum absolute atomic E-state index is 0.0884. The van der Waals surface area contributed by atoms with Gasteiger partial charge in [-0.25, -0.2) is 0 Å². The first-order chi connectivity index (χ1) is 7.24. The minimum atomic E-state index is -0.198. The molecule has 80 valence electrons.